The summed E-state index contributed by atoms with van der Waals surface area (Å²) < 4.78 is 23.8. The van der Waals surface area contributed by atoms with Crippen LogP contribution in [-0.2, 0) is 6.61 Å². The van der Waals surface area contributed by atoms with Crippen LogP contribution < -0.4 is 15.2 Å². The van der Waals surface area contributed by atoms with Crippen molar-refractivity contribution in [3.63, 3.8) is 0 Å². The van der Waals surface area contributed by atoms with E-state index in [4.69, 9.17) is 26.8 Å². The standard InChI is InChI=1S/C14H13ClFNO2/c1-18-14-5-2-9(6-12(14)16)8-19-10-3-4-13(17)11(15)7-10/h2-7H,8,17H2,1H3. The van der Waals surface area contributed by atoms with Crippen molar-refractivity contribution in [1.82, 2.24) is 0 Å². The molecule has 2 N–H and O–H groups in total. The number of rotatable bonds is 4. The van der Waals surface area contributed by atoms with Crippen molar-refractivity contribution >= 4 is 17.3 Å². The highest BCUT2D eigenvalue weighted by molar-refractivity contribution is 6.33. The molecule has 0 fully saturated rings. The number of benzene rings is 2. The van der Waals surface area contributed by atoms with Gasteiger partial charge in [0.1, 0.15) is 12.4 Å². The van der Waals surface area contributed by atoms with Crippen LogP contribution in [0.25, 0.3) is 0 Å². The van der Waals surface area contributed by atoms with Crippen molar-refractivity contribution in [3.05, 3.63) is 52.8 Å². The highest BCUT2D eigenvalue weighted by Crippen LogP contribution is 2.25. The summed E-state index contributed by atoms with van der Waals surface area (Å²) in [6.07, 6.45) is 0. The number of hydrogen-bond acceptors (Lipinski definition) is 3. The van der Waals surface area contributed by atoms with E-state index in [-0.39, 0.29) is 12.4 Å². The summed E-state index contributed by atoms with van der Waals surface area (Å²) in [5.74, 6) is 0.369. The Morgan fingerprint density at radius 2 is 2.00 bits per heavy atom. The summed E-state index contributed by atoms with van der Waals surface area (Å²) in [5.41, 5.74) is 6.79. The van der Waals surface area contributed by atoms with Gasteiger partial charge in [-0.25, -0.2) is 4.39 Å². The Hall–Kier alpha value is -1.94. The van der Waals surface area contributed by atoms with Crippen LogP contribution in [0.3, 0.4) is 0 Å². The summed E-state index contributed by atoms with van der Waals surface area (Å²) >= 11 is 5.88. The average Bonchev–Trinajstić information content (AvgIpc) is 2.40. The van der Waals surface area contributed by atoms with E-state index in [0.29, 0.717) is 22.0 Å². The number of halogens is 2. The van der Waals surface area contributed by atoms with Crippen LogP contribution in [0.1, 0.15) is 5.56 Å². The molecular formula is C14H13ClFNO2. The molecule has 0 radical (unpaired) electrons. The average molecular weight is 282 g/mol. The number of hydrogen-bond donors (Lipinski definition) is 1. The lowest BCUT2D eigenvalue weighted by Crippen LogP contribution is -1.98. The molecule has 0 amide bonds. The lowest BCUT2D eigenvalue weighted by molar-refractivity contribution is 0.305. The predicted octanol–water partition coefficient (Wildman–Crippen LogP) is 3.65. The Kier molecular flexibility index (Phi) is 4.12. The van der Waals surface area contributed by atoms with Crippen LogP contribution in [0.5, 0.6) is 11.5 Å². The van der Waals surface area contributed by atoms with E-state index in [2.05, 4.69) is 0 Å². The molecule has 0 aliphatic heterocycles. The van der Waals surface area contributed by atoms with Crippen LogP contribution in [0.2, 0.25) is 5.02 Å². The van der Waals surface area contributed by atoms with Gasteiger partial charge in [-0.15, -0.1) is 0 Å². The lowest BCUT2D eigenvalue weighted by atomic mass is 10.2. The molecule has 0 saturated carbocycles. The zero-order chi connectivity index (χ0) is 13.8. The highest BCUT2D eigenvalue weighted by atomic mass is 35.5. The molecule has 0 unspecified atom stereocenters. The molecular weight excluding hydrogens is 269 g/mol. The number of nitrogen functional groups attached to an aromatic ring is 1. The SMILES string of the molecule is COc1ccc(COc2ccc(N)c(Cl)c2)cc1F. The van der Waals surface area contributed by atoms with E-state index in [0.717, 1.165) is 0 Å². The fourth-order valence-corrected chi connectivity index (χ4v) is 1.73. The van der Waals surface area contributed by atoms with Gasteiger partial charge in [-0.1, -0.05) is 17.7 Å². The first-order chi connectivity index (χ1) is 9.10. The summed E-state index contributed by atoms with van der Waals surface area (Å²) in [7, 11) is 1.42. The van der Waals surface area contributed by atoms with Crippen LogP contribution in [0.4, 0.5) is 10.1 Å². The molecule has 3 nitrogen and oxygen atoms in total. The van der Waals surface area contributed by atoms with Crippen molar-refractivity contribution in [2.45, 2.75) is 6.61 Å². The van der Waals surface area contributed by atoms with Crippen molar-refractivity contribution < 1.29 is 13.9 Å². The Morgan fingerprint density at radius 3 is 2.63 bits per heavy atom. The first kappa shape index (κ1) is 13.5. The minimum absolute atomic E-state index is 0.208. The minimum Gasteiger partial charge on any atom is -0.494 e. The monoisotopic (exact) mass is 281 g/mol. The Balaban J connectivity index is 2.05. The largest absolute Gasteiger partial charge is 0.494 e. The molecule has 0 aliphatic rings. The van der Waals surface area contributed by atoms with Crippen molar-refractivity contribution in [2.75, 3.05) is 12.8 Å². The first-order valence-electron chi connectivity index (χ1n) is 5.60. The van der Waals surface area contributed by atoms with Gasteiger partial charge >= 0.3 is 0 Å². The molecule has 0 atom stereocenters. The summed E-state index contributed by atoms with van der Waals surface area (Å²) in [6, 6.07) is 9.66. The number of ether oxygens (including phenoxy) is 2. The van der Waals surface area contributed by atoms with Gasteiger partial charge in [0.25, 0.3) is 0 Å². The molecule has 2 aromatic rings. The summed E-state index contributed by atoms with van der Waals surface area (Å²) in [5, 5.41) is 0.429. The van der Waals surface area contributed by atoms with Gasteiger partial charge in [-0.05, 0) is 29.8 Å². The Bertz CT molecular complexity index is 590. The fraction of sp³-hybridized carbons (Fsp3) is 0.143. The van der Waals surface area contributed by atoms with Gasteiger partial charge in [0.15, 0.2) is 11.6 Å². The minimum atomic E-state index is -0.418. The summed E-state index contributed by atoms with van der Waals surface area (Å²) in [6.45, 7) is 0.237. The van der Waals surface area contributed by atoms with Gasteiger partial charge in [-0.2, -0.15) is 0 Å². The quantitative estimate of drug-likeness (QED) is 0.870. The molecule has 0 heterocycles. The van der Waals surface area contributed by atoms with Gasteiger partial charge in [0.2, 0.25) is 0 Å². The van der Waals surface area contributed by atoms with E-state index in [9.17, 15) is 4.39 Å². The van der Waals surface area contributed by atoms with Crippen molar-refractivity contribution in [3.8, 4) is 11.5 Å². The van der Waals surface area contributed by atoms with Crippen molar-refractivity contribution in [2.24, 2.45) is 0 Å². The molecule has 0 spiro atoms. The second-order valence-corrected chi connectivity index (χ2v) is 4.35. The predicted molar refractivity (Wildman–Crippen MR) is 73.1 cm³/mol. The van der Waals surface area contributed by atoms with Gasteiger partial charge in [0, 0.05) is 6.07 Å². The second-order valence-electron chi connectivity index (χ2n) is 3.94. The molecule has 0 aromatic heterocycles. The van der Waals surface area contributed by atoms with Crippen LogP contribution >= 0.6 is 11.6 Å². The third kappa shape index (κ3) is 3.29. The van der Waals surface area contributed by atoms with Crippen LogP contribution in [-0.4, -0.2) is 7.11 Å². The number of methoxy groups -OCH3 is 1. The van der Waals surface area contributed by atoms with Crippen LogP contribution in [0, 0.1) is 5.82 Å². The van der Waals surface area contributed by atoms with Crippen LogP contribution in [0.15, 0.2) is 36.4 Å². The summed E-state index contributed by atoms with van der Waals surface area (Å²) in [4.78, 5) is 0. The maximum Gasteiger partial charge on any atom is 0.165 e. The molecule has 19 heavy (non-hydrogen) atoms. The normalized spacial score (nSPS) is 10.3. The highest BCUT2D eigenvalue weighted by Gasteiger charge is 2.05. The maximum atomic E-state index is 13.5. The Morgan fingerprint density at radius 1 is 1.21 bits per heavy atom. The van der Waals surface area contributed by atoms with Crippen molar-refractivity contribution in [1.29, 1.82) is 0 Å². The third-order valence-corrected chi connectivity index (χ3v) is 2.92. The molecule has 0 bridgehead atoms. The Labute approximate surface area is 115 Å². The van der Waals surface area contributed by atoms with Gasteiger partial charge in [-0.3, -0.25) is 0 Å². The molecule has 100 valence electrons. The zero-order valence-electron chi connectivity index (χ0n) is 10.3. The first-order valence-corrected chi connectivity index (χ1v) is 5.98. The van der Waals surface area contributed by atoms with E-state index >= 15 is 0 Å². The van der Waals surface area contributed by atoms with E-state index in [1.54, 1.807) is 30.3 Å². The van der Waals surface area contributed by atoms with E-state index in [1.807, 2.05) is 0 Å². The smallest absolute Gasteiger partial charge is 0.165 e. The zero-order valence-corrected chi connectivity index (χ0v) is 11.1. The molecule has 2 rings (SSSR count). The third-order valence-electron chi connectivity index (χ3n) is 2.59. The molecule has 5 heteroatoms. The number of nitrogens with two attached hydrogens (primary N) is 1. The molecule has 0 saturated heterocycles. The maximum absolute atomic E-state index is 13.5. The second kappa shape index (κ2) is 5.80. The lowest BCUT2D eigenvalue weighted by Gasteiger charge is -2.09. The molecule has 0 aliphatic carbocycles. The fourth-order valence-electron chi connectivity index (χ4n) is 1.56. The van der Waals surface area contributed by atoms with E-state index < -0.39 is 5.82 Å². The van der Waals surface area contributed by atoms with E-state index in [1.165, 1.54) is 13.2 Å². The molecule has 2 aromatic carbocycles. The topological polar surface area (TPSA) is 44.5 Å². The number of anilines is 1. The van der Waals surface area contributed by atoms with Gasteiger partial charge in [0.05, 0.1) is 17.8 Å². The van der Waals surface area contributed by atoms with Gasteiger partial charge < -0.3 is 15.2 Å².